The summed E-state index contributed by atoms with van der Waals surface area (Å²) in [6.07, 6.45) is 1.19. The van der Waals surface area contributed by atoms with E-state index in [4.69, 9.17) is 8.85 Å². The molecular formula is C19H40N2O4SSi2. The van der Waals surface area contributed by atoms with Crippen LogP contribution in [0.15, 0.2) is 5.16 Å². The van der Waals surface area contributed by atoms with Crippen LogP contribution in [0.25, 0.3) is 0 Å². The number of sulfone groups is 1. The average Bonchev–Trinajstić information content (AvgIpc) is 2.77. The average molecular weight is 449 g/mol. The highest BCUT2D eigenvalue weighted by molar-refractivity contribution is 7.90. The van der Waals surface area contributed by atoms with Gasteiger partial charge in [0.1, 0.15) is 0 Å². The molecule has 0 bridgehead atoms. The molecule has 1 heterocycles. The standard InChI is InChI=1S/C19H40N2O4SSi2/c1-18(2,3)27(9,10)24-13-15-16(14-25-28(11,12)19(4,5)6)21(7)17(20-15)26(8,22)23/h13-14H2,1-12H3. The summed E-state index contributed by atoms with van der Waals surface area (Å²) in [5.74, 6) is 0. The van der Waals surface area contributed by atoms with Crippen LogP contribution in [0.1, 0.15) is 52.9 Å². The van der Waals surface area contributed by atoms with Crippen LogP contribution < -0.4 is 0 Å². The maximum Gasteiger partial charge on any atom is 0.227 e. The highest BCUT2D eigenvalue weighted by Crippen LogP contribution is 2.38. The number of nitrogens with zero attached hydrogens (tertiary/aromatic N) is 2. The first-order valence-corrected chi connectivity index (χ1v) is 17.4. The highest BCUT2D eigenvalue weighted by Gasteiger charge is 2.39. The van der Waals surface area contributed by atoms with E-state index in [0.29, 0.717) is 18.9 Å². The Labute approximate surface area is 174 Å². The molecule has 1 aromatic rings. The Kier molecular flexibility index (Phi) is 7.28. The van der Waals surface area contributed by atoms with E-state index in [0.717, 1.165) is 5.69 Å². The molecule has 0 amide bonds. The number of imidazole rings is 1. The molecule has 1 aromatic heterocycles. The lowest BCUT2D eigenvalue weighted by molar-refractivity contribution is 0.250. The second-order valence-corrected chi connectivity index (χ2v) is 22.2. The van der Waals surface area contributed by atoms with Crippen molar-refractivity contribution in [2.75, 3.05) is 6.26 Å². The van der Waals surface area contributed by atoms with Crippen LogP contribution in [0.5, 0.6) is 0 Å². The Hall–Kier alpha value is -0.486. The Morgan fingerprint density at radius 1 is 0.893 bits per heavy atom. The second kappa shape index (κ2) is 7.98. The first-order chi connectivity index (χ1) is 12.2. The lowest BCUT2D eigenvalue weighted by atomic mass is 10.2. The molecule has 0 atom stereocenters. The Balaban J connectivity index is 3.26. The molecule has 0 aliphatic heterocycles. The number of hydrogen-bond donors (Lipinski definition) is 0. The zero-order valence-corrected chi connectivity index (χ0v) is 22.7. The molecule has 9 heteroatoms. The molecule has 0 fully saturated rings. The van der Waals surface area contributed by atoms with Crippen molar-refractivity contribution in [1.82, 2.24) is 9.55 Å². The largest absolute Gasteiger partial charge is 0.411 e. The van der Waals surface area contributed by atoms with Crippen molar-refractivity contribution in [3.63, 3.8) is 0 Å². The van der Waals surface area contributed by atoms with Crippen LogP contribution in [0, 0.1) is 0 Å². The number of hydrogen-bond acceptors (Lipinski definition) is 5. The molecule has 0 unspecified atom stereocenters. The molecule has 1 rings (SSSR count). The quantitative estimate of drug-likeness (QED) is 0.557. The minimum atomic E-state index is -3.44. The van der Waals surface area contributed by atoms with Gasteiger partial charge < -0.3 is 13.4 Å². The van der Waals surface area contributed by atoms with Crippen molar-refractivity contribution in [2.45, 2.75) is 96.2 Å². The van der Waals surface area contributed by atoms with Crippen molar-refractivity contribution in [2.24, 2.45) is 7.05 Å². The van der Waals surface area contributed by atoms with E-state index in [-0.39, 0.29) is 15.2 Å². The molecular weight excluding hydrogens is 408 g/mol. The first kappa shape index (κ1) is 25.6. The molecule has 0 aromatic carbocycles. The number of aromatic nitrogens is 2. The zero-order valence-electron chi connectivity index (χ0n) is 19.8. The third kappa shape index (κ3) is 5.78. The predicted octanol–water partition coefficient (Wildman–Crippen LogP) is 4.87. The molecule has 6 nitrogen and oxygen atoms in total. The lowest BCUT2D eigenvalue weighted by Gasteiger charge is -2.37. The summed E-state index contributed by atoms with van der Waals surface area (Å²) in [5, 5.41) is 0.206. The van der Waals surface area contributed by atoms with Crippen molar-refractivity contribution in [3.05, 3.63) is 11.4 Å². The van der Waals surface area contributed by atoms with Crippen molar-refractivity contribution in [3.8, 4) is 0 Å². The SMILES string of the molecule is Cn1c(S(C)(=O)=O)nc(CO[Si](C)(C)C(C)(C)C)c1CO[Si](C)(C)C(C)(C)C. The fourth-order valence-electron chi connectivity index (χ4n) is 2.12. The highest BCUT2D eigenvalue weighted by atomic mass is 32.2. The van der Waals surface area contributed by atoms with E-state index in [9.17, 15) is 8.42 Å². The van der Waals surface area contributed by atoms with Gasteiger partial charge >= 0.3 is 0 Å². The van der Waals surface area contributed by atoms with Gasteiger partial charge in [-0.1, -0.05) is 41.5 Å². The van der Waals surface area contributed by atoms with E-state index < -0.39 is 26.5 Å². The van der Waals surface area contributed by atoms with Gasteiger partial charge in [0.05, 0.1) is 24.6 Å². The minimum absolute atomic E-state index is 0.0650. The summed E-state index contributed by atoms with van der Waals surface area (Å²) in [4.78, 5) is 4.44. The van der Waals surface area contributed by atoms with Crippen LogP contribution in [-0.2, 0) is 39.0 Å². The van der Waals surface area contributed by atoms with Gasteiger partial charge in [-0.05, 0) is 36.3 Å². The fourth-order valence-corrected chi connectivity index (χ4v) is 4.87. The van der Waals surface area contributed by atoms with Crippen LogP contribution >= 0.6 is 0 Å². The molecule has 0 radical (unpaired) electrons. The summed E-state index contributed by atoms with van der Waals surface area (Å²) in [5.41, 5.74) is 1.44. The lowest BCUT2D eigenvalue weighted by Crippen LogP contribution is -2.41. The van der Waals surface area contributed by atoms with E-state index in [1.165, 1.54) is 6.26 Å². The Morgan fingerprint density at radius 3 is 1.64 bits per heavy atom. The molecule has 0 aliphatic carbocycles. The van der Waals surface area contributed by atoms with Gasteiger partial charge in [0.15, 0.2) is 16.6 Å². The minimum Gasteiger partial charge on any atom is -0.411 e. The summed E-state index contributed by atoms with van der Waals surface area (Å²) in [7, 11) is -5.66. The predicted molar refractivity (Wildman–Crippen MR) is 120 cm³/mol. The molecule has 0 saturated heterocycles. The van der Waals surface area contributed by atoms with Crippen LogP contribution in [0.2, 0.25) is 36.3 Å². The fraction of sp³-hybridized carbons (Fsp3) is 0.842. The molecule has 0 N–H and O–H groups in total. The maximum atomic E-state index is 12.2. The third-order valence-corrected chi connectivity index (χ3v) is 16.3. The molecule has 28 heavy (non-hydrogen) atoms. The Morgan fingerprint density at radius 2 is 1.29 bits per heavy atom. The van der Waals surface area contributed by atoms with E-state index >= 15 is 0 Å². The smallest absolute Gasteiger partial charge is 0.227 e. The van der Waals surface area contributed by atoms with Crippen LogP contribution in [-0.4, -0.2) is 40.9 Å². The first-order valence-electron chi connectivity index (χ1n) is 9.73. The van der Waals surface area contributed by atoms with Gasteiger partial charge in [0, 0.05) is 13.3 Å². The monoisotopic (exact) mass is 448 g/mol. The molecule has 0 aliphatic rings. The topological polar surface area (TPSA) is 70.4 Å². The van der Waals surface area contributed by atoms with Gasteiger partial charge in [0.2, 0.25) is 15.0 Å². The maximum absolute atomic E-state index is 12.2. The molecule has 0 spiro atoms. The van der Waals surface area contributed by atoms with Crippen molar-refractivity contribution >= 4 is 26.5 Å². The van der Waals surface area contributed by atoms with E-state index in [1.54, 1.807) is 11.6 Å². The van der Waals surface area contributed by atoms with Crippen LogP contribution in [0.4, 0.5) is 0 Å². The van der Waals surface area contributed by atoms with E-state index in [2.05, 4.69) is 72.7 Å². The summed E-state index contributed by atoms with van der Waals surface area (Å²) in [6.45, 7) is 22.5. The van der Waals surface area contributed by atoms with Crippen LogP contribution in [0.3, 0.4) is 0 Å². The Bertz CT molecular complexity index is 801. The normalized spacial score (nSPS) is 14.6. The van der Waals surface area contributed by atoms with Crippen molar-refractivity contribution < 1.29 is 17.3 Å². The summed E-state index contributed by atoms with van der Waals surface area (Å²) < 4.78 is 38.7. The zero-order chi connectivity index (χ0) is 22.3. The van der Waals surface area contributed by atoms with Gasteiger partial charge in [-0.3, -0.25) is 0 Å². The summed E-state index contributed by atoms with van der Waals surface area (Å²) >= 11 is 0. The van der Waals surface area contributed by atoms with Crippen molar-refractivity contribution in [1.29, 1.82) is 0 Å². The van der Waals surface area contributed by atoms with Gasteiger partial charge in [-0.2, -0.15) is 0 Å². The molecule has 0 saturated carbocycles. The molecule has 164 valence electrons. The summed E-state index contributed by atoms with van der Waals surface area (Å²) in [6, 6.07) is 0. The third-order valence-electron chi connectivity index (χ3n) is 6.34. The van der Waals surface area contributed by atoms with E-state index in [1.807, 2.05) is 0 Å². The number of rotatable bonds is 7. The second-order valence-electron chi connectivity index (χ2n) is 10.7. The van der Waals surface area contributed by atoms with Gasteiger partial charge in [-0.25, -0.2) is 13.4 Å². The van der Waals surface area contributed by atoms with Gasteiger partial charge in [-0.15, -0.1) is 0 Å². The van der Waals surface area contributed by atoms with Gasteiger partial charge in [0.25, 0.3) is 0 Å².